The van der Waals surface area contributed by atoms with Gasteiger partial charge in [0.15, 0.2) is 5.75 Å². The smallest absolute Gasteiger partial charge is 0.255 e. The Morgan fingerprint density at radius 2 is 2.37 bits per heavy atom. The van der Waals surface area contributed by atoms with Gasteiger partial charge in [0.25, 0.3) is 5.91 Å². The number of nitrogens with two attached hydrogens (primary N) is 1. The molecule has 104 valence electrons. The molecule has 1 atom stereocenters. The molecule has 0 aliphatic carbocycles. The Labute approximate surface area is 118 Å². The Hall–Kier alpha value is -1.36. The summed E-state index contributed by atoms with van der Waals surface area (Å²) in [4.78, 5) is 12.2. The Bertz CT molecular complexity index is 471. The summed E-state index contributed by atoms with van der Waals surface area (Å²) in [7, 11) is 1.52. The van der Waals surface area contributed by atoms with Crippen molar-refractivity contribution >= 4 is 23.4 Å². The van der Waals surface area contributed by atoms with Crippen LogP contribution in [0.25, 0.3) is 0 Å². The van der Waals surface area contributed by atoms with Gasteiger partial charge in [-0.2, -0.15) is 11.8 Å². The van der Waals surface area contributed by atoms with Crippen molar-refractivity contribution in [2.45, 2.75) is 24.5 Å². The summed E-state index contributed by atoms with van der Waals surface area (Å²) < 4.78 is 5.36. The summed E-state index contributed by atoms with van der Waals surface area (Å²) in [6, 6.07) is 5.22. The molecule has 0 spiro atoms. The largest absolute Gasteiger partial charge is 0.494 e. The second-order valence-electron chi connectivity index (χ2n) is 5.01. The number of thioether (sulfide) groups is 1. The van der Waals surface area contributed by atoms with E-state index in [2.05, 4.69) is 12.2 Å². The number of hydrogen-bond acceptors (Lipinski definition) is 4. The van der Waals surface area contributed by atoms with Crippen molar-refractivity contribution in [3.8, 4) is 5.75 Å². The fraction of sp³-hybridized carbons (Fsp3) is 0.500. The standard InChI is InChI=1S/C14H20N2O2S/c1-14(7-4-8-19-14)9-16-13(17)10-5-3-6-11(15)12(10)18-2/h3,5-6H,4,7-9,15H2,1-2H3,(H,16,17). The van der Waals surface area contributed by atoms with Crippen molar-refractivity contribution in [3.63, 3.8) is 0 Å². The lowest BCUT2D eigenvalue weighted by atomic mass is 10.1. The first-order chi connectivity index (χ1) is 9.06. The molecule has 1 unspecified atom stereocenters. The molecule has 1 heterocycles. The van der Waals surface area contributed by atoms with E-state index in [-0.39, 0.29) is 10.7 Å². The third-order valence-electron chi connectivity index (χ3n) is 3.42. The highest BCUT2D eigenvalue weighted by Gasteiger charge is 2.30. The van der Waals surface area contributed by atoms with E-state index in [9.17, 15) is 4.79 Å². The number of ether oxygens (including phenoxy) is 1. The number of para-hydroxylation sites is 1. The molecular weight excluding hydrogens is 260 g/mol. The van der Waals surface area contributed by atoms with Gasteiger partial charge in [-0.1, -0.05) is 6.07 Å². The maximum absolute atomic E-state index is 12.2. The third kappa shape index (κ3) is 3.15. The molecule has 0 bridgehead atoms. The molecular formula is C14H20N2O2S. The van der Waals surface area contributed by atoms with E-state index < -0.39 is 0 Å². The first kappa shape index (κ1) is 14.1. The van der Waals surface area contributed by atoms with E-state index in [4.69, 9.17) is 10.5 Å². The molecule has 1 aromatic carbocycles. The van der Waals surface area contributed by atoms with Crippen molar-refractivity contribution in [2.24, 2.45) is 0 Å². The van der Waals surface area contributed by atoms with E-state index in [0.717, 1.165) is 6.42 Å². The lowest BCUT2D eigenvalue weighted by Gasteiger charge is -2.23. The summed E-state index contributed by atoms with van der Waals surface area (Å²) in [5, 5.41) is 2.99. The molecule has 1 aliphatic rings. The van der Waals surface area contributed by atoms with Gasteiger partial charge in [-0.25, -0.2) is 0 Å². The second kappa shape index (κ2) is 5.74. The Balaban J connectivity index is 2.06. The molecule has 0 saturated carbocycles. The zero-order valence-electron chi connectivity index (χ0n) is 11.4. The van der Waals surface area contributed by atoms with Crippen LogP contribution in [-0.2, 0) is 0 Å². The number of rotatable bonds is 4. The number of hydrogen-bond donors (Lipinski definition) is 2. The van der Waals surface area contributed by atoms with E-state index in [1.807, 2.05) is 11.8 Å². The highest BCUT2D eigenvalue weighted by molar-refractivity contribution is 8.00. The zero-order valence-corrected chi connectivity index (χ0v) is 12.2. The van der Waals surface area contributed by atoms with Gasteiger partial charge in [0.1, 0.15) is 0 Å². The summed E-state index contributed by atoms with van der Waals surface area (Å²) >= 11 is 1.92. The van der Waals surface area contributed by atoms with Crippen LogP contribution in [0.1, 0.15) is 30.1 Å². The first-order valence-corrected chi connectivity index (χ1v) is 7.39. The van der Waals surface area contributed by atoms with Crippen LogP contribution < -0.4 is 15.8 Å². The van der Waals surface area contributed by atoms with Gasteiger partial charge >= 0.3 is 0 Å². The lowest BCUT2D eigenvalue weighted by molar-refractivity contribution is 0.0947. The van der Waals surface area contributed by atoms with Gasteiger partial charge in [-0.15, -0.1) is 0 Å². The minimum absolute atomic E-state index is 0.127. The third-order valence-corrected chi connectivity index (χ3v) is 4.96. The quantitative estimate of drug-likeness (QED) is 0.831. The second-order valence-corrected chi connectivity index (χ2v) is 6.70. The van der Waals surface area contributed by atoms with E-state index in [1.165, 1.54) is 19.3 Å². The molecule has 0 aromatic heterocycles. The van der Waals surface area contributed by atoms with Crippen LogP contribution in [0, 0.1) is 0 Å². The maximum Gasteiger partial charge on any atom is 0.255 e. The number of carbonyl (C=O) groups excluding carboxylic acids is 1. The molecule has 1 saturated heterocycles. The molecule has 5 heteroatoms. The van der Waals surface area contributed by atoms with Crippen molar-refractivity contribution in [1.29, 1.82) is 0 Å². The van der Waals surface area contributed by atoms with Gasteiger partial charge in [0.05, 0.1) is 18.4 Å². The van der Waals surface area contributed by atoms with E-state index >= 15 is 0 Å². The molecule has 0 radical (unpaired) electrons. The molecule has 4 nitrogen and oxygen atoms in total. The van der Waals surface area contributed by atoms with Crippen LogP contribution in [0.2, 0.25) is 0 Å². The van der Waals surface area contributed by atoms with Crippen LogP contribution >= 0.6 is 11.8 Å². The van der Waals surface area contributed by atoms with Gasteiger partial charge in [-0.3, -0.25) is 4.79 Å². The van der Waals surface area contributed by atoms with Crippen LogP contribution in [0.4, 0.5) is 5.69 Å². The minimum atomic E-state index is -0.127. The number of methoxy groups -OCH3 is 1. The minimum Gasteiger partial charge on any atom is -0.494 e. The van der Waals surface area contributed by atoms with E-state index in [0.29, 0.717) is 23.5 Å². The van der Waals surface area contributed by atoms with Crippen LogP contribution in [-0.4, -0.2) is 30.1 Å². The number of amides is 1. The van der Waals surface area contributed by atoms with Crippen LogP contribution in [0.15, 0.2) is 18.2 Å². The van der Waals surface area contributed by atoms with Gasteiger partial charge in [0.2, 0.25) is 0 Å². The molecule has 1 aliphatic heterocycles. The topological polar surface area (TPSA) is 64.3 Å². The average molecular weight is 280 g/mol. The number of nitrogen functional groups attached to an aromatic ring is 1. The normalized spacial score (nSPS) is 22.2. The van der Waals surface area contributed by atoms with Gasteiger partial charge in [-0.05, 0) is 37.7 Å². The highest BCUT2D eigenvalue weighted by Crippen LogP contribution is 2.37. The predicted octanol–water partition coefficient (Wildman–Crippen LogP) is 2.29. The average Bonchev–Trinajstić information content (AvgIpc) is 2.83. The number of benzene rings is 1. The summed E-state index contributed by atoms with van der Waals surface area (Å²) in [6.45, 7) is 2.87. The number of anilines is 1. The summed E-state index contributed by atoms with van der Waals surface area (Å²) in [6.07, 6.45) is 2.37. The Kier molecular flexibility index (Phi) is 4.24. The fourth-order valence-electron chi connectivity index (χ4n) is 2.30. The molecule has 1 aromatic rings. The monoisotopic (exact) mass is 280 g/mol. The Morgan fingerprint density at radius 3 is 3.00 bits per heavy atom. The zero-order chi connectivity index (χ0) is 13.9. The maximum atomic E-state index is 12.2. The van der Waals surface area contributed by atoms with Gasteiger partial charge in [0, 0.05) is 11.3 Å². The van der Waals surface area contributed by atoms with Crippen LogP contribution in [0.3, 0.4) is 0 Å². The van der Waals surface area contributed by atoms with E-state index in [1.54, 1.807) is 18.2 Å². The summed E-state index contributed by atoms with van der Waals surface area (Å²) in [5.74, 6) is 1.50. The SMILES string of the molecule is COc1c(N)cccc1C(=O)NCC1(C)CCCS1. The molecule has 1 fully saturated rings. The first-order valence-electron chi connectivity index (χ1n) is 6.40. The van der Waals surface area contributed by atoms with Crippen molar-refractivity contribution in [1.82, 2.24) is 5.32 Å². The number of carbonyl (C=O) groups is 1. The number of nitrogens with one attached hydrogen (secondary N) is 1. The lowest BCUT2D eigenvalue weighted by Crippen LogP contribution is -2.36. The molecule has 2 rings (SSSR count). The van der Waals surface area contributed by atoms with Gasteiger partial charge < -0.3 is 15.8 Å². The summed E-state index contributed by atoms with van der Waals surface area (Å²) in [5.41, 5.74) is 6.78. The highest BCUT2D eigenvalue weighted by atomic mass is 32.2. The van der Waals surface area contributed by atoms with Crippen molar-refractivity contribution in [2.75, 3.05) is 25.1 Å². The Morgan fingerprint density at radius 1 is 1.58 bits per heavy atom. The molecule has 3 N–H and O–H groups in total. The molecule has 1 amide bonds. The fourth-order valence-corrected chi connectivity index (χ4v) is 3.54. The van der Waals surface area contributed by atoms with Crippen molar-refractivity contribution < 1.29 is 9.53 Å². The van der Waals surface area contributed by atoms with Crippen molar-refractivity contribution in [3.05, 3.63) is 23.8 Å². The van der Waals surface area contributed by atoms with Crippen LogP contribution in [0.5, 0.6) is 5.75 Å². The molecule has 19 heavy (non-hydrogen) atoms. The predicted molar refractivity (Wildman–Crippen MR) is 79.8 cm³/mol.